The van der Waals surface area contributed by atoms with Gasteiger partial charge >= 0.3 is 0 Å². The molecule has 2 aliphatic rings. The highest BCUT2D eigenvalue weighted by Crippen LogP contribution is 2.21. The van der Waals surface area contributed by atoms with Gasteiger partial charge in [0.15, 0.2) is 0 Å². The average molecular weight is 308 g/mol. The van der Waals surface area contributed by atoms with Crippen LogP contribution in [0.2, 0.25) is 0 Å². The Kier molecular flexibility index (Phi) is 6.71. The van der Waals surface area contributed by atoms with Crippen LogP contribution < -0.4 is 5.32 Å². The molecule has 1 aliphatic heterocycles. The number of nitrogens with one attached hydrogen (secondary N) is 1. The number of rotatable bonds is 5. The summed E-state index contributed by atoms with van der Waals surface area (Å²) in [5.74, 6) is 0.954. The van der Waals surface area contributed by atoms with Crippen molar-refractivity contribution in [3.05, 3.63) is 0 Å². The highest BCUT2D eigenvalue weighted by atomic mass is 16.2. The molecule has 0 aromatic heterocycles. The lowest BCUT2D eigenvalue weighted by Gasteiger charge is -2.33. The molecule has 1 saturated carbocycles. The average Bonchev–Trinajstić information content (AvgIpc) is 2.53. The topological polar surface area (TPSA) is 49.4 Å². The number of hydrogen-bond acceptors (Lipinski definition) is 2. The van der Waals surface area contributed by atoms with Gasteiger partial charge in [-0.25, -0.2) is 0 Å². The van der Waals surface area contributed by atoms with E-state index in [9.17, 15) is 9.59 Å². The molecule has 2 fully saturated rings. The zero-order valence-corrected chi connectivity index (χ0v) is 14.3. The van der Waals surface area contributed by atoms with Gasteiger partial charge in [0, 0.05) is 25.6 Å². The third-order valence-electron chi connectivity index (χ3n) is 5.03. The molecule has 1 heterocycles. The van der Waals surface area contributed by atoms with E-state index >= 15 is 0 Å². The lowest BCUT2D eigenvalue weighted by Crippen LogP contribution is -2.47. The van der Waals surface area contributed by atoms with Gasteiger partial charge in [0.1, 0.15) is 0 Å². The molecule has 1 unspecified atom stereocenters. The summed E-state index contributed by atoms with van der Waals surface area (Å²) in [5.41, 5.74) is 0. The number of amides is 2. The van der Waals surface area contributed by atoms with Crippen LogP contribution in [0.25, 0.3) is 0 Å². The van der Waals surface area contributed by atoms with Crippen LogP contribution in [0.1, 0.15) is 71.6 Å². The van der Waals surface area contributed by atoms with Crippen molar-refractivity contribution in [3.63, 3.8) is 0 Å². The Morgan fingerprint density at radius 2 is 1.82 bits per heavy atom. The standard InChI is InChI=1S/C18H32N2O2/c1-14(2)10-11-17(21)20-12-6-7-15(13-20)18(22)19-16-8-4-3-5-9-16/h14-16H,3-13H2,1-2H3,(H,19,22). The van der Waals surface area contributed by atoms with Gasteiger partial charge in [-0.1, -0.05) is 33.1 Å². The highest BCUT2D eigenvalue weighted by Gasteiger charge is 2.29. The van der Waals surface area contributed by atoms with E-state index in [1.54, 1.807) is 0 Å². The van der Waals surface area contributed by atoms with E-state index < -0.39 is 0 Å². The molecule has 0 spiro atoms. The molecule has 126 valence electrons. The maximum Gasteiger partial charge on any atom is 0.225 e. The Morgan fingerprint density at radius 1 is 1.09 bits per heavy atom. The first kappa shape index (κ1) is 17.3. The molecule has 0 radical (unpaired) electrons. The first-order chi connectivity index (χ1) is 10.6. The number of carbonyl (C=O) groups excluding carboxylic acids is 2. The molecule has 0 aromatic carbocycles. The Labute approximate surface area is 135 Å². The van der Waals surface area contributed by atoms with Crippen molar-refractivity contribution in [2.24, 2.45) is 11.8 Å². The quantitative estimate of drug-likeness (QED) is 0.848. The van der Waals surface area contributed by atoms with Crippen molar-refractivity contribution in [1.29, 1.82) is 0 Å². The Hall–Kier alpha value is -1.06. The van der Waals surface area contributed by atoms with Crippen LogP contribution in [0.3, 0.4) is 0 Å². The van der Waals surface area contributed by atoms with Crippen LogP contribution in [-0.2, 0) is 9.59 Å². The number of hydrogen-bond donors (Lipinski definition) is 1. The SMILES string of the molecule is CC(C)CCC(=O)N1CCCC(C(=O)NC2CCCCC2)C1. The third kappa shape index (κ3) is 5.29. The smallest absolute Gasteiger partial charge is 0.225 e. The molecule has 2 rings (SSSR count). The van der Waals surface area contributed by atoms with E-state index in [1.165, 1.54) is 19.3 Å². The van der Waals surface area contributed by atoms with Gasteiger partial charge < -0.3 is 10.2 Å². The first-order valence-corrected chi connectivity index (χ1v) is 9.14. The van der Waals surface area contributed by atoms with Gasteiger partial charge in [0.25, 0.3) is 0 Å². The first-order valence-electron chi connectivity index (χ1n) is 9.14. The minimum atomic E-state index is -0.00123. The molecule has 2 amide bonds. The second kappa shape index (κ2) is 8.54. The zero-order chi connectivity index (χ0) is 15.9. The summed E-state index contributed by atoms with van der Waals surface area (Å²) in [5, 5.41) is 3.22. The third-order valence-corrected chi connectivity index (χ3v) is 5.03. The summed E-state index contributed by atoms with van der Waals surface area (Å²) < 4.78 is 0. The summed E-state index contributed by atoms with van der Waals surface area (Å²) in [4.78, 5) is 26.6. The lowest BCUT2D eigenvalue weighted by atomic mass is 9.93. The molecule has 1 atom stereocenters. The molecule has 1 N–H and O–H groups in total. The van der Waals surface area contributed by atoms with Crippen LogP contribution in [0.5, 0.6) is 0 Å². The fraction of sp³-hybridized carbons (Fsp3) is 0.889. The van der Waals surface area contributed by atoms with E-state index in [2.05, 4.69) is 19.2 Å². The summed E-state index contributed by atoms with van der Waals surface area (Å²) in [6.45, 7) is 5.73. The lowest BCUT2D eigenvalue weighted by molar-refractivity contribution is -0.136. The van der Waals surface area contributed by atoms with Gasteiger partial charge in [-0.2, -0.15) is 0 Å². The second-order valence-corrected chi connectivity index (χ2v) is 7.45. The van der Waals surface area contributed by atoms with Crippen LogP contribution in [0.4, 0.5) is 0 Å². The van der Waals surface area contributed by atoms with Gasteiger partial charge in [-0.05, 0) is 38.0 Å². The van der Waals surface area contributed by atoms with E-state index in [0.717, 1.165) is 38.6 Å². The minimum absolute atomic E-state index is 0.00123. The van der Waals surface area contributed by atoms with E-state index in [4.69, 9.17) is 0 Å². The molecule has 4 heteroatoms. The fourth-order valence-electron chi connectivity index (χ4n) is 3.55. The van der Waals surface area contributed by atoms with Crippen molar-refractivity contribution in [1.82, 2.24) is 10.2 Å². The summed E-state index contributed by atoms with van der Waals surface area (Å²) in [7, 11) is 0. The number of likely N-dealkylation sites (tertiary alicyclic amines) is 1. The predicted molar refractivity (Wildman–Crippen MR) is 88.4 cm³/mol. The van der Waals surface area contributed by atoms with E-state index in [0.29, 0.717) is 24.9 Å². The zero-order valence-electron chi connectivity index (χ0n) is 14.3. The number of carbonyl (C=O) groups is 2. The van der Waals surface area contributed by atoms with Gasteiger partial charge in [0.2, 0.25) is 11.8 Å². The molecule has 4 nitrogen and oxygen atoms in total. The largest absolute Gasteiger partial charge is 0.353 e. The van der Waals surface area contributed by atoms with Crippen LogP contribution >= 0.6 is 0 Å². The summed E-state index contributed by atoms with van der Waals surface area (Å²) in [6, 6.07) is 0.369. The monoisotopic (exact) mass is 308 g/mol. The molecule has 1 saturated heterocycles. The van der Waals surface area contributed by atoms with Crippen molar-refractivity contribution >= 4 is 11.8 Å². The van der Waals surface area contributed by atoms with E-state index in [1.807, 2.05) is 4.90 Å². The Bertz CT molecular complexity index is 375. The van der Waals surface area contributed by atoms with Crippen molar-refractivity contribution < 1.29 is 9.59 Å². The summed E-state index contributed by atoms with van der Waals surface area (Å²) in [6.07, 6.45) is 9.44. The maximum atomic E-state index is 12.5. The normalized spacial score (nSPS) is 23.6. The van der Waals surface area contributed by atoms with Gasteiger partial charge in [-0.15, -0.1) is 0 Å². The second-order valence-electron chi connectivity index (χ2n) is 7.45. The van der Waals surface area contributed by atoms with Crippen LogP contribution in [0.15, 0.2) is 0 Å². The summed E-state index contributed by atoms with van der Waals surface area (Å²) >= 11 is 0. The Morgan fingerprint density at radius 3 is 2.50 bits per heavy atom. The predicted octanol–water partition coefficient (Wildman–Crippen LogP) is 3.11. The van der Waals surface area contributed by atoms with Crippen molar-refractivity contribution in [2.75, 3.05) is 13.1 Å². The van der Waals surface area contributed by atoms with Gasteiger partial charge in [-0.3, -0.25) is 9.59 Å². The van der Waals surface area contributed by atoms with Crippen molar-refractivity contribution in [2.45, 2.75) is 77.7 Å². The molecule has 0 aromatic rings. The van der Waals surface area contributed by atoms with E-state index in [-0.39, 0.29) is 17.7 Å². The molecule has 1 aliphatic carbocycles. The van der Waals surface area contributed by atoms with Crippen LogP contribution in [0, 0.1) is 11.8 Å². The number of piperidine rings is 1. The molecule has 22 heavy (non-hydrogen) atoms. The molecular weight excluding hydrogens is 276 g/mol. The Balaban J connectivity index is 1.78. The molecule has 0 bridgehead atoms. The number of nitrogens with zero attached hydrogens (tertiary/aromatic N) is 1. The van der Waals surface area contributed by atoms with Crippen molar-refractivity contribution in [3.8, 4) is 0 Å². The molecular formula is C18H32N2O2. The van der Waals surface area contributed by atoms with Gasteiger partial charge in [0.05, 0.1) is 5.92 Å². The fourth-order valence-corrected chi connectivity index (χ4v) is 3.55. The maximum absolute atomic E-state index is 12.5. The van der Waals surface area contributed by atoms with Crippen LogP contribution in [-0.4, -0.2) is 35.8 Å². The highest BCUT2D eigenvalue weighted by molar-refractivity contribution is 5.81. The minimum Gasteiger partial charge on any atom is -0.353 e.